The first-order valence-electron chi connectivity index (χ1n) is 8.19. The van der Waals surface area contributed by atoms with Crippen LogP contribution in [0, 0.1) is 0 Å². The van der Waals surface area contributed by atoms with Crippen molar-refractivity contribution >= 4 is 22.9 Å². The summed E-state index contributed by atoms with van der Waals surface area (Å²) in [4.78, 5) is 20.4. The maximum absolute atomic E-state index is 11.2. The number of rotatable bonds is 4. The first-order chi connectivity index (χ1) is 12.7. The number of hydrogen-bond donors (Lipinski definition) is 2. The average Bonchev–Trinajstić information content (AvgIpc) is 3.06. The maximum atomic E-state index is 11.2. The summed E-state index contributed by atoms with van der Waals surface area (Å²) in [7, 11) is 1.84. The van der Waals surface area contributed by atoms with Gasteiger partial charge in [0.05, 0.1) is 17.4 Å². The van der Waals surface area contributed by atoms with Gasteiger partial charge in [-0.3, -0.25) is 14.3 Å². The molecule has 2 aromatic heterocycles. The summed E-state index contributed by atoms with van der Waals surface area (Å²) >= 11 is 0. The molecule has 6 nitrogen and oxygen atoms in total. The van der Waals surface area contributed by atoms with Crippen LogP contribution in [0.1, 0.15) is 10.4 Å². The van der Waals surface area contributed by atoms with E-state index in [0.29, 0.717) is 5.56 Å². The summed E-state index contributed by atoms with van der Waals surface area (Å²) in [6.45, 7) is 0. The number of nitrogens with two attached hydrogens (primary N) is 1. The number of aromatic nitrogens is 3. The van der Waals surface area contributed by atoms with Crippen molar-refractivity contribution in [2.24, 2.45) is 5.73 Å². The molecular weight excluding hydrogens is 326 g/mol. The van der Waals surface area contributed by atoms with E-state index >= 15 is 0 Å². The van der Waals surface area contributed by atoms with Crippen molar-refractivity contribution in [2.75, 3.05) is 12.4 Å². The van der Waals surface area contributed by atoms with E-state index in [1.807, 2.05) is 55.6 Å². The summed E-state index contributed by atoms with van der Waals surface area (Å²) < 4.78 is 2.05. The minimum atomic E-state index is -0.444. The molecule has 0 bridgehead atoms. The molecule has 0 fully saturated rings. The Morgan fingerprint density at radius 3 is 2.46 bits per heavy atom. The summed E-state index contributed by atoms with van der Waals surface area (Å²) in [5.74, 6) is 0.301. The zero-order valence-electron chi connectivity index (χ0n) is 14.2. The third-order valence-corrected chi connectivity index (χ3v) is 4.24. The van der Waals surface area contributed by atoms with Gasteiger partial charge in [-0.1, -0.05) is 30.3 Å². The van der Waals surface area contributed by atoms with Crippen LogP contribution in [0.2, 0.25) is 0 Å². The third kappa shape index (κ3) is 2.67. The first kappa shape index (κ1) is 15.8. The number of hydrogen-bond acceptors (Lipinski definition) is 4. The van der Waals surface area contributed by atoms with Crippen molar-refractivity contribution in [3.63, 3.8) is 0 Å². The Morgan fingerprint density at radius 2 is 1.81 bits per heavy atom. The number of nitrogens with one attached hydrogen (secondary N) is 1. The summed E-state index contributed by atoms with van der Waals surface area (Å²) in [6, 6.07) is 19.1. The second-order valence-electron chi connectivity index (χ2n) is 5.86. The fraction of sp³-hybridized carbons (Fsp3) is 0.0500. The van der Waals surface area contributed by atoms with Crippen LogP contribution in [-0.4, -0.2) is 27.5 Å². The highest BCUT2D eigenvalue weighted by Gasteiger charge is 2.13. The van der Waals surface area contributed by atoms with Crippen LogP contribution < -0.4 is 11.1 Å². The highest BCUT2D eigenvalue weighted by Crippen LogP contribution is 2.27. The highest BCUT2D eigenvalue weighted by atomic mass is 16.1. The van der Waals surface area contributed by atoms with Gasteiger partial charge in [0, 0.05) is 23.9 Å². The normalized spacial score (nSPS) is 10.8. The number of imidazole rings is 1. The van der Waals surface area contributed by atoms with Crippen LogP contribution in [0.5, 0.6) is 0 Å². The Bertz CT molecular complexity index is 1080. The van der Waals surface area contributed by atoms with Gasteiger partial charge in [0.15, 0.2) is 0 Å². The maximum Gasteiger partial charge on any atom is 0.248 e. The molecule has 128 valence electrons. The van der Waals surface area contributed by atoms with Crippen LogP contribution >= 0.6 is 0 Å². The molecule has 4 aromatic rings. The molecule has 0 radical (unpaired) electrons. The van der Waals surface area contributed by atoms with Gasteiger partial charge in [-0.15, -0.1) is 0 Å². The van der Waals surface area contributed by atoms with Crippen molar-refractivity contribution in [3.05, 3.63) is 72.4 Å². The SMILES string of the molecule is CNc1nc2cnc(-c3ccc(C(N)=O)cc3)cc2n1-c1ccccc1. The van der Waals surface area contributed by atoms with Crippen LogP contribution in [0.3, 0.4) is 0 Å². The molecule has 6 heteroatoms. The van der Waals surface area contributed by atoms with E-state index < -0.39 is 5.91 Å². The van der Waals surface area contributed by atoms with Gasteiger partial charge in [-0.05, 0) is 30.3 Å². The predicted octanol–water partition coefficient (Wildman–Crippen LogP) is 3.23. The Balaban J connectivity index is 1.87. The number of nitrogens with zero attached hydrogens (tertiary/aromatic N) is 3. The minimum absolute atomic E-state index is 0.444. The van der Waals surface area contributed by atoms with E-state index in [-0.39, 0.29) is 0 Å². The van der Waals surface area contributed by atoms with Crippen molar-refractivity contribution in [3.8, 4) is 16.9 Å². The van der Waals surface area contributed by atoms with Gasteiger partial charge in [0.2, 0.25) is 11.9 Å². The van der Waals surface area contributed by atoms with E-state index in [4.69, 9.17) is 5.73 Å². The Hall–Kier alpha value is -3.67. The molecule has 26 heavy (non-hydrogen) atoms. The van der Waals surface area contributed by atoms with Crippen molar-refractivity contribution in [1.82, 2.24) is 14.5 Å². The van der Waals surface area contributed by atoms with Gasteiger partial charge in [-0.25, -0.2) is 4.98 Å². The lowest BCUT2D eigenvalue weighted by atomic mass is 10.1. The number of carbonyl (C=O) groups is 1. The van der Waals surface area contributed by atoms with Crippen LogP contribution in [0.25, 0.3) is 28.0 Å². The number of anilines is 1. The van der Waals surface area contributed by atoms with Gasteiger partial charge in [-0.2, -0.15) is 0 Å². The molecule has 3 N–H and O–H groups in total. The largest absolute Gasteiger partial charge is 0.366 e. The molecule has 2 aromatic carbocycles. The molecule has 0 saturated carbocycles. The summed E-state index contributed by atoms with van der Waals surface area (Å²) in [5.41, 5.74) is 10.3. The average molecular weight is 343 g/mol. The number of carbonyl (C=O) groups excluding carboxylic acids is 1. The molecule has 0 unspecified atom stereocenters. The van der Waals surface area contributed by atoms with Crippen LogP contribution in [-0.2, 0) is 0 Å². The van der Waals surface area contributed by atoms with E-state index in [0.717, 1.165) is 33.9 Å². The fourth-order valence-electron chi connectivity index (χ4n) is 2.95. The van der Waals surface area contributed by atoms with Gasteiger partial charge in [0.25, 0.3) is 0 Å². The number of primary amides is 1. The summed E-state index contributed by atoms with van der Waals surface area (Å²) in [5, 5.41) is 3.14. The van der Waals surface area contributed by atoms with Gasteiger partial charge in [0.1, 0.15) is 5.52 Å². The molecule has 0 atom stereocenters. The summed E-state index contributed by atoms with van der Waals surface area (Å²) in [6.07, 6.45) is 1.76. The zero-order chi connectivity index (χ0) is 18.1. The Labute approximate surface area is 150 Å². The Morgan fingerprint density at radius 1 is 1.08 bits per heavy atom. The van der Waals surface area contributed by atoms with Crippen LogP contribution in [0.4, 0.5) is 5.95 Å². The zero-order valence-corrected chi connectivity index (χ0v) is 14.2. The molecule has 0 aliphatic carbocycles. The molecule has 2 heterocycles. The molecular formula is C20H17N5O. The lowest BCUT2D eigenvalue weighted by molar-refractivity contribution is 0.100. The molecule has 0 aliphatic rings. The predicted molar refractivity (Wildman–Crippen MR) is 102 cm³/mol. The standard InChI is InChI=1S/C20H17N5O/c1-22-20-24-17-12-23-16(13-7-9-14(10-8-13)19(21)26)11-18(17)25(20)15-5-3-2-4-6-15/h2-12H,1H3,(H2,21,26)(H,22,24). The van der Waals surface area contributed by atoms with E-state index in [1.165, 1.54) is 0 Å². The second kappa shape index (κ2) is 6.33. The fourth-order valence-corrected chi connectivity index (χ4v) is 2.95. The Kier molecular flexibility index (Phi) is 3.85. The molecule has 4 rings (SSSR count). The molecule has 0 saturated heterocycles. The number of amides is 1. The lowest BCUT2D eigenvalue weighted by Gasteiger charge is -2.09. The minimum Gasteiger partial charge on any atom is -0.366 e. The first-order valence-corrected chi connectivity index (χ1v) is 8.19. The van der Waals surface area contributed by atoms with Gasteiger partial charge < -0.3 is 11.1 Å². The van der Waals surface area contributed by atoms with Crippen molar-refractivity contribution in [2.45, 2.75) is 0 Å². The smallest absolute Gasteiger partial charge is 0.248 e. The quantitative estimate of drug-likeness (QED) is 0.596. The van der Waals surface area contributed by atoms with E-state index in [2.05, 4.69) is 19.9 Å². The number of pyridine rings is 1. The lowest BCUT2D eigenvalue weighted by Crippen LogP contribution is -2.10. The van der Waals surface area contributed by atoms with E-state index in [9.17, 15) is 4.79 Å². The number of para-hydroxylation sites is 1. The number of benzene rings is 2. The monoisotopic (exact) mass is 343 g/mol. The third-order valence-electron chi connectivity index (χ3n) is 4.24. The molecule has 0 spiro atoms. The highest BCUT2D eigenvalue weighted by molar-refractivity contribution is 5.93. The number of fused-ring (bicyclic) bond motifs is 1. The van der Waals surface area contributed by atoms with Gasteiger partial charge >= 0.3 is 0 Å². The topological polar surface area (TPSA) is 85.8 Å². The molecule has 0 aliphatic heterocycles. The van der Waals surface area contributed by atoms with Crippen molar-refractivity contribution < 1.29 is 4.79 Å². The van der Waals surface area contributed by atoms with Crippen LogP contribution in [0.15, 0.2) is 66.9 Å². The second-order valence-corrected chi connectivity index (χ2v) is 5.86. The molecule has 1 amide bonds. The van der Waals surface area contributed by atoms with Crippen molar-refractivity contribution in [1.29, 1.82) is 0 Å². The van der Waals surface area contributed by atoms with E-state index in [1.54, 1.807) is 18.3 Å².